The molecule has 0 aromatic heterocycles. The number of piperazine rings is 1. The van der Waals surface area contributed by atoms with Crippen LogP contribution in [0.15, 0.2) is 23.1 Å². The molecule has 2 heterocycles. The Hall–Kier alpha value is -2.89. The first-order valence-corrected chi connectivity index (χ1v) is 13.2. The van der Waals surface area contributed by atoms with Crippen molar-refractivity contribution in [3.05, 3.63) is 28.3 Å². The minimum Gasteiger partial charge on any atom is -0.444 e. The highest BCUT2D eigenvalue weighted by atomic mass is 32.2. The van der Waals surface area contributed by atoms with Crippen LogP contribution in [0.25, 0.3) is 0 Å². The fourth-order valence-corrected chi connectivity index (χ4v) is 4.85. The van der Waals surface area contributed by atoms with E-state index in [0.29, 0.717) is 57.8 Å². The van der Waals surface area contributed by atoms with E-state index >= 15 is 0 Å². The molecule has 188 valence electrons. The zero-order valence-electron chi connectivity index (χ0n) is 20.0. The number of carbonyl (C=O) groups is 2. The van der Waals surface area contributed by atoms with Gasteiger partial charge in [-0.25, -0.2) is 13.2 Å². The quantitative estimate of drug-likeness (QED) is 0.458. The molecule has 0 atom stereocenters. The van der Waals surface area contributed by atoms with Crippen molar-refractivity contribution < 1.29 is 27.7 Å². The van der Waals surface area contributed by atoms with Gasteiger partial charge in [-0.3, -0.25) is 14.9 Å². The molecule has 0 spiro atoms. The minimum absolute atomic E-state index is 0.0328. The van der Waals surface area contributed by atoms with E-state index in [0.717, 1.165) is 12.3 Å². The standard InChI is InChI=1S/C22H32N4O7S/c1-22(2,3)33-21(28)25-9-7-16(8-10-25)20(27)24-13-11-23(12-14-24)18-6-5-17(34(4,31)32)15-19(18)26(29)30/h5-6,15-16H,7-14H2,1-4H3. The summed E-state index contributed by atoms with van der Waals surface area (Å²) >= 11 is 0. The zero-order valence-corrected chi connectivity index (χ0v) is 20.8. The third-order valence-electron chi connectivity index (χ3n) is 6.00. The van der Waals surface area contributed by atoms with Crippen molar-refractivity contribution in [2.75, 3.05) is 50.4 Å². The summed E-state index contributed by atoms with van der Waals surface area (Å²) in [5, 5.41) is 11.6. The summed E-state index contributed by atoms with van der Waals surface area (Å²) in [6.45, 7) is 8.00. The molecule has 3 rings (SSSR count). The van der Waals surface area contributed by atoms with Crippen LogP contribution >= 0.6 is 0 Å². The van der Waals surface area contributed by atoms with E-state index in [1.165, 1.54) is 12.1 Å². The first kappa shape index (κ1) is 25.7. The van der Waals surface area contributed by atoms with Crippen molar-refractivity contribution in [2.45, 2.75) is 44.1 Å². The number of hydrogen-bond donors (Lipinski definition) is 0. The van der Waals surface area contributed by atoms with E-state index in [2.05, 4.69) is 0 Å². The van der Waals surface area contributed by atoms with Crippen LogP contribution in [0.2, 0.25) is 0 Å². The number of benzene rings is 1. The second-order valence-electron chi connectivity index (χ2n) is 9.73. The number of nitro groups is 1. The van der Waals surface area contributed by atoms with Gasteiger partial charge in [-0.1, -0.05) is 0 Å². The van der Waals surface area contributed by atoms with Crippen LogP contribution in [0.1, 0.15) is 33.6 Å². The Morgan fingerprint density at radius 2 is 1.62 bits per heavy atom. The maximum absolute atomic E-state index is 13.0. The average Bonchev–Trinajstić information content (AvgIpc) is 2.76. The molecule has 11 nitrogen and oxygen atoms in total. The highest BCUT2D eigenvalue weighted by molar-refractivity contribution is 7.90. The largest absolute Gasteiger partial charge is 0.444 e. The van der Waals surface area contributed by atoms with Gasteiger partial charge in [0.25, 0.3) is 5.69 Å². The number of ether oxygens (including phenoxy) is 1. The molecule has 2 fully saturated rings. The normalized spacial score (nSPS) is 18.1. The number of hydrogen-bond acceptors (Lipinski definition) is 8. The van der Waals surface area contributed by atoms with Crippen molar-refractivity contribution in [1.82, 2.24) is 9.80 Å². The van der Waals surface area contributed by atoms with Crippen molar-refractivity contribution in [1.29, 1.82) is 0 Å². The number of nitro benzene ring substituents is 1. The lowest BCUT2D eigenvalue weighted by molar-refractivity contribution is -0.384. The SMILES string of the molecule is CC(C)(C)OC(=O)N1CCC(C(=O)N2CCN(c3ccc(S(C)(=O)=O)cc3[N+](=O)[O-])CC2)CC1. The van der Waals surface area contributed by atoms with Gasteiger partial charge < -0.3 is 19.4 Å². The Morgan fingerprint density at radius 1 is 1.03 bits per heavy atom. The Kier molecular flexibility index (Phi) is 7.39. The molecule has 0 N–H and O–H groups in total. The van der Waals surface area contributed by atoms with Crippen LogP contribution in [0.4, 0.5) is 16.2 Å². The van der Waals surface area contributed by atoms with Crippen LogP contribution in [0.5, 0.6) is 0 Å². The predicted octanol–water partition coefficient (Wildman–Crippen LogP) is 2.29. The summed E-state index contributed by atoms with van der Waals surface area (Å²) in [7, 11) is -3.57. The van der Waals surface area contributed by atoms with Gasteiger partial charge in [0.15, 0.2) is 9.84 Å². The zero-order chi connectivity index (χ0) is 25.3. The van der Waals surface area contributed by atoms with Crippen LogP contribution in [-0.4, -0.2) is 86.3 Å². The molecule has 2 saturated heterocycles. The second-order valence-corrected chi connectivity index (χ2v) is 11.7. The molecule has 1 aromatic carbocycles. The van der Waals surface area contributed by atoms with E-state index in [-0.39, 0.29) is 28.5 Å². The lowest BCUT2D eigenvalue weighted by Crippen LogP contribution is -2.52. The minimum atomic E-state index is -3.57. The summed E-state index contributed by atoms with van der Waals surface area (Å²) in [6, 6.07) is 3.91. The van der Waals surface area contributed by atoms with Crippen LogP contribution in [0.3, 0.4) is 0 Å². The van der Waals surface area contributed by atoms with Crippen molar-refractivity contribution in [3.63, 3.8) is 0 Å². The van der Waals surface area contributed by atoms with Gasteiger partial charge in [0, 0.05) is 57.5 Å². The van der Waals surface area contributed by atoms with E-state index < -0.39 is 20.4 Å². The molecule has 0 bridgehead atoms. The third kappa shape index (κ3) is 6.16. The number of carbonyl (C=O) groups excluding carboxylic acids is 2. The van der Waals surface area contributed by atoms with Crippen LogP contribution in [-0.2, 0) is 19.4 Å². The van der Waals surface area contributed by atoms with Crippen LogP contribution in [0, 0.1) is 16.0 Å². The smallest absolute Gasteiger partial charge is 0.410 e. The molecule has 0 saturated carbocycles. The fraction of sp³-hybridized carbons (Fsp3) is 0.636. The van der Waals surface area contributed by atoms with Gasteiger partial charge in [0.05, 0.1) is 9.82 Å². The first-order valence-electron chi connectivity index (χ1n) is 11.3. The monoisotopic (exact) mass is 496 g/mol. The number of amides is 2. The number of sulfone groups is 1. The Labute approximate surface area is 199 Å². The third-order valence-corrected chi connectivity index (χ3v) is 7.11. The maximum Gasteiger partial charge on any atom is 0.410 e. The molecular formula is C22H32N4O7S. The summed E-state index contributed by atoms with van der Waals surface area (Å²) < 4.78 is 28.9. The van der Waals surface area contributed by atoms with E-state index in [1.54, 1.807) is 14.7 Å². The topological polar surface area (TPSA) is 130 Å². The van der Waals surface area contributed by atoms with Gasteiger partial charge in [-0.05, 0) is 45.7 Å². The second kappa shape index (κ2) is 9.77. The van der Waals surface area contributed by atoms with Crippen molar-refractivity contribution in [2.24, 2.45) is 5.92 Å². The van der Waals surface area contributed by atoms with E-state index in [9.17, 15) is 28.1 Å². The molecule has 34 heavy (non-hydrogen) atoms. The van der Waals surface area contributed by atoms with Crippen molar-refractivity contribution >= 4 is 33.2 Å². The van der Waals surface area contributed by atoms with Crippen molar-refractivity contribution in [3.8, 4) is 0 Å². The van der Waals surface area contributed by atoms with Gasteiger partial charge in [0.1, 0.15) is 11.3 Å². The predicted molar refractivity (Wildman–Crippen MR) is 126 cm³/mol. The summed E-state index contributed by atoms with van der Waals surface area (Å²) in [5.74, 6) is -0.140. The fourth-order valence-electron chi connectivity index (χ4n) is 4.21. The average molecular weight is 497 g/mol. The lowest BCUT2D eigenvalue weighted by Gasteiger charge is -2.39. The summed E-state index contributed by atoms with van der Waals surface area (Å²) in [5.41, 5.74) is -0.490. The molecule has 1 aromatic rings. The molecular weight excluding hydrogens is 464 g/mol. The summed E-state index contributed by atoms with van der Waals surface area (Å²) in [6.07, 6.45) is 1.78. The molecule has 2 aliphatic heterocycles. The van der Waals surface area contributed by atoms with Gasteiger partial charge in [-0.15, -0.1) is 0 Å². The number of piperidine rings is 1. The number of rotatable bonds is 4. The molecule has 12 heteroatoms. The molecule has 0 unspecified atom stereocenters. The number of likely N-dealkylation sites (tertiary alicyclic amines) is 1. The maximum atomic E-state index is 13.0. The molecule has 0 radical (unpaired) electrons. The van der Waals surface area contributed by atoms with Gasteiger partial charge in [0.2, 0.25) is 5.91 Å². The Balaban J connectivity index is 1.58. The van der Waals surface area contributed by atoms with E-state index in [4.69, 9.17) is 4.74 Å². The number of nitrogens with zero attached hydrogens (tertiary/aromatic N) is 4. The highest BCUT2D eigenvalue weighted by Gasteiger charge is 2.34. The Bertz CT molecular complexity index is 1050. The summed E-state index contributed by atoms with van der Waals surface area (Å²) in [4.78, 5) is 41.3. The lowest BCUT2D eigenvalue weighted by atomic mass is 9.95. The van der Waals surface area contributed by atoms with E-state index in [1.807, 2.05) is 20.8 Å². The molecule has 0 aliphatic carbocycles. The first-order chi connectivity index (χ1) is 15.8. The molecule has 2 amide bonds. The highest BCUT2D eigenvalue weighted by Crippen LogP contribution is 2.32. The van der Waals surface area contributed by atoms with Crippen LogP contribution < -0.4 is 4.90 Å². The molecule has 2 aliphatic rings. The van der Waals surface area contributed by atoms with Gasteiger partial charge in [-0.2, -0.15) is 0 Å². The Morgan fingerprint density at radius 3 is 2.12 bits per heavy atom. The number of anilines is 1. The van der Waals surface area contributed by atoms with Gasteiger partial charge >= 0.3 is 6.09 Å².